The first kappa shape index (κ1) is 16.9. The highest BCUT2D eigenvalue weighted by Crippen LogP contribution is 2.25. The Kier molecular flexibility index (Phi) is 5.15. The van der Waals surface area contributed by atoms with Crippen molar-refractivity contribution >= 4 is 31.5 Å². The quantitative estimate of drug-likeness (QED) is 0.795. The van der Waals surface area contributed by atoms with E-state index >= 15 is 0 Å². The zero-order valence-electron chi connectivity index (χ0n) is 10.9. The van der Waals surface area contributed by atoms with Gasteiger partial charge in [-0.25, -0.2) is 16.8 Å². The van der Waals surface area contributed by atoms with Crippen LogP contribution in [0.1, 0.15) is 5.56 Å². The third kappa shape index (κ3) is 4.18. The summed E-state index contributed by atoms with van der Waals surface area (Å²) in [6, 6.07) is 5.70. The fraction of sp³-hybridized carbons (Fsp3) is 0.364. The molecule has 0 heterocycles. The van der Waals surface area contributed by atoms with Crippen molar-refractivity contribution in [1.29, 1.82) is 5.26 Å². The van der Waals surface area contributed by atoms with Crippen molar-refractivity contribution < 1.29 is 16.8 Å². The first-order valence-corrected chi connectivity index (χ1v) is 9.29. The summed E-state index contributed by atoms with van der Waals surface area (Å²) >= 11 is 5.84. The Hall–Kier alpha value is -1.14. The summed E-state index contributed by atoms with van der Waals surface area (Å²) in [7, 11) is -5.96. The van der Waals surface area contributed by atoms with Crippen LogP contribution in [0, 0.1) is 11.3 Å². The molecule has 0 bridgehead atoms. The third-order valence-corrected chi connectivity index (χ3v) is 5.79. The Bertz CT molecular complexity index is 751. The van der Waals surface area contributed by atoms with E-state index in [9.17, 15) is 16.8 Å². The van der Waals surface area contributed by atoms with Crippen molar-refractivity contribution in [3.05, 3.63) is 28.8 Å². The molecular formula is C11H13ClN2O4S2. The molecule has 0 amide bonds. The predicted molar refractivity (Wildman–Crippen MR) is 75.7 cm³/mol. The molecule has 0 saturated heterocycles. The molecule has 6 nitrogen and oxygen atoms in total. The molecule has 0 spiro atoms. The second kappa shape index (κ2) is 6.10. The molecule has 0 fully saturated rings. The first-order chi connectivity index (χ1) is 9.08. The molecule has 0 radical (unpaired) electrons. The van der Waals surface area contributed by atoms with Gasteiger partial charge in [0, 0.05) is 19.8 Å². The van der Waals surface area contributed by atoms with Crippen molar-refractivity contribution in [3.63, 3.8) is 0 Å². The minimum atomic E-state index is -3.94. The van der Waals surface area contributed by atoms with Gasteiger partial charge in [-0.05, 0) is 18.2 Å². The highest BCUT2D eigenvalue weighted by atomic mass is 35.5. The summed E-state index contributed by atoms with van der Waals surface area (Å²) in [6.07, 6.45) is 1.02. The number of nitriles is 1. The molecule has 0 aromatic heterocycles. The fourth-order valence-electron chi connectivity index (χ4n) is 1.35. The summed E-state index contributed by atoms with van der Waals surface area (Å²) in [4.78, 5) is -0.214. The first-order valence-electron chi connectivity index (χ1n) is 5.41. The van der Waals surface area contributed by atoms with Gasteiger partial charge in [0.15, 0.2) is 0 Å². The minimum Gasteiger partial charge on any atom is -0.229 e. The lowest BCUT2D eigenvalue weighted by Crippen LogP contribution is -2.31. The second-order valence-corrected chi connectivity index (χ2v) is 8.89. The highest BCUT2D eigenvalue weighted by Gasteiger charge is 2.24. The summed E-state index contributed by atoms with van der Waals surface area (Å²) in [5.74, 6) is -0.293. The lowest BCUT2D eigenvalue weighted by Gasteiger charge is -2.17. The molecule has 20 heavy (non-hydrogen) atoms. The Morgan fingerprint density at radius 3 is 2.40 bits per heavy atom. The van der Waals surface area contributed by atoms with E-state index < -0.39 is 19.9 Å². The van der Waals surface area contributed by atoms with Crippen LogP contribution in [0.15, 0.2) is 23.1 Å². The number of rotatable bonds is 5. The largest absolute Gasteiger partial charge is 0.244 e. The smallest absolute Gasteiger partial charge is 0.229 e. The monoisotopic (exact) mass is 336 g/mol. The summed E-state index contributed by atoms with van der Waals surface area (Å²) in [5, 5.41) is 8.77. The Morgan fingerprint density at radius 2 is 1.90 bits per heavy atom. The number of hydrogen-bond donors (Lipinski definition) is 0. The van der Waals surface area contributed by atoms with Crippen molar-refractivity contribution in [2.45, 2.75) is 4.90 Å². The highest BCUT2D eigenvalue weighted by molar-refractivity contribution is 7.91. The molecule has 1 aromatic rings. The number of halogens is 1. The van der Waals surface area contributed by atoms with Crippen molar-refractivity contribution in [3.8, 4) is 6.07 Å². The molecule has 0 saturated carbocycles. The maximum atomic E-state index is 12.3. The number of nitrogens with zero attached hydrogens (tertiary/aromatic N) is 2. The molecular weight excluding hydrogens is 324 g/mol. The maximum absolute atomic E-state index is 12.3. The van der Waals surface area contributed by atoms with Crippen LogP contribution in [0.4, 0.5) is 0 Å². The normalized spacial score (nSPS) is 12.3. The van der Waals surface area contributed by atoms with Crippen LogP contribution in [-0.2, 0) is 19.9 Å². The number of sulfone groups is 1. The Labute approximate surface area is 123 Å². The van der Waals surface area contributed by atoms with Gasteiger partial charge in [0.25, 0.3) is 0 Å². The van der Waals surface area contributed by atoms with Gasteiger partial charge in [0.2, 0.25) is 10.0 Å². The second-order valence-electron chi connectivity index (χ2n) is 4.21. The molecule has 0 aliphatic heterocycles. The summed E-state index contributed by atoms with van der Waals surface area (Å²) < 4.78 is 47.6. The van der Waals surface area contributed by atoms with Gasteiger partial charge in [-0.15, -0.1) is 0 Å². The number of hydrogen-bond acceptors (Lipinski definition) is 5. The van der Waals surface area contributed by atoms with E-state index in [0.29, 0.717) is 0 Å². The van der Waals surface area contributed by atoms with Crippen LogP contribution in [0.3, 0.4) is 0 Å². The molecule has 0 N–H and O–H groups in total. The van der Waals surface area contributed by atoms with Crippen LogP contribution in [0.25, 0.3) is 0 Å². The Morgan fingerprint density at radius 1 is 1.30 bits per heavy atom. The van der Waals surface area contributed by atoms with Gasteiger partial charge in [0.05, 0.1) is 22.4 Å². The van der Waals surface area contributed by atoms with Crippen molar-refractivity contribution in [2.24, 2.45) is 0 Å². The van der Waals surface area contributed by atoms with Gasteiger partial charge in [-0.2, -0.15) is 9.57 Å². The van der Waals surface area contributed by atoms with Crippen LogP contribution in [0.2, 0.25) is 5.02 Å². The van der Waals surface area contributed by atoms with E-state index in [2.05, 4.69) is 0 Å². The zero-order chi connectivity index (χ0) is 15.6. The SMILES string of the molecule is CN(CCS(C)(=O)=O)S(=O)(=O)c1cc(C#N)ccc1Cl. The Balaban J connectivity index is 3.14. The fourth-order valence-corrected chi connectivity index (χ4v) is 3.74. The molecule has 0 aliphatic carbocycles. The molecule has 0 unspecified atom stereocenters. The van der Waals surface area contributed by atoms with Gasteiger partial charge in [-0.1, -0.05) is 11.6 Å². The molecule has 110 valence electrons. The average Bonchev–Trinajstić information content (AvgIpc) is 2.35. The minimum absolute atomic E-state index is 0.0183. The van der Waals surface area contributed by atoms with Crippen LogP contribution in [0.5, 0.6) is 0 Å². The van der Waals surface area contributed by atoms with Crippen LogP contribution >= 0.6 is 11.6 Å². The van der Waals surface area contributed by atoms with E-state index in [1.807, 2.05) is 6.07 Å². The molecule has 1 aromatic carbocycles. The van der Waals surface area contributed by atoms with Gasteiger partial charge < -0.3 is 0 Å². The number of sulfonamides is 1. The van der Waals surface area contributed by atoms with E-state index in [1.54, 1.807) is 0 Å². The van der Waals surface area contributed by atoms with E-state index in [4.69, 9.17) is 16.9 Å². The summed E-state index contributed by atoms with van der Waals surface area (Å²) in [6.45, 7) is -0.186. The predicted octanol–water partition coefficient (Wildman–Crippen LogP) is 0.877. The van der Waals surface area contributed by atoms with Crippen LogP contribution < -0.4 is 0 Å². The van der Waals surface area contributed by atoms with Crippen molar-refractivity contribution in [2.75, 3.05) is 25.6 Å². The lowest BCUT2D eigenvalue weighted by atomic mass is 10.2. The molecule has 9 heteroatoms. The van der Waals surface area contributed by atoms with Gasteiger partial charge in [0.1, 0.15) is 14.7 Å². The van der Waals surface area contributed by atoms with Crippen molar-refractivity contribution in [1.82, 2.24) is 4.31 Å². The zero-order valence-corrected chi connectivity index (χ0v) is 13.3. The third-order valence-electron chi connectivity index (χ3n) is 2.53. The summed E-state index contributed by atoms with van der Waals surface area (Å²) in [5.41, 5.74) is 0.157. The maximum Gasteiger partial charge on any atom is 0.244 e. The molecule has 0 aliphatic rings. The number of benzene rings is 1. The van der Waals surface area contributed by atoms with E-state index in [0.717, 1.165) is 16.6 Å². The molecule has 0 atom stereocenters. The van der Waals surface area contributed by atoms with Gasteiger partial charge >= 0.3 is 0 Å². The standard InChI is InChI=1S/C11H13ClN2O4S2/c1-14(5-6-19(2,15)16)20(17,18)11-7-9(8-13)3-4-10(11)12/h3-4,7H,5-6H2,1-2H3. The molecule has 1 rings (SSSR count). The van der Waals surface area contributed by atoms with Crippen LogP contribution in [-0.4, -0.2) is 46.7 Å². The topological polar surface area (TPSA) is 95.3 Å². The van der Waals surface area contributed by atoms with E-state index in [1.165, 1.54) is 19.2 Å². The average molecular weight is 337 g/mol. The lowest BCUT2D eigenvalue weighted by molar-refractivity contribution is 0.485. The van der Waals surface area contributed by atoms with Gasteiger partial charge in [-0.3, -0.25) is 0 Å². The van der Waals surface area contributed by atoms with E-state index in [-0.39, 0.29) is 27.8 Å².